The van der Waals surface area contributed by atoms with E-state index >= 15 is 0 Å². The molecule has 0 aromatic heterocycles. The van der Waals surface area contributed by atoms with Crippen LogP contribution < -0.4 is 0 Å². The number of phenolic OH excluding ortho intramolecular Hbond substituents is 4. The van der Waals surface area contributed by atoms with Crippen molar-refractivity contribution < 1.29 is 42.1 Å². The average molecular weight is 897 g/mol. The van der Waals surface area contributed by atoms with Gasteiger partial charge in [0.05, 0.1) is 0 Å². The summed E-state index contributed by atoms with van der Waals surface area (Å²) in [6, 6.07) is 71.0. The molecule has 0 saturated carbocycles. The van der Waals surface area contributed by atoms with Crippen LogP contribution in [0.2, 0.25) is 0 Å². The number of rotatable bonds is 8. The summed E-state index contributed by atoms with van der Waals surface area (Å²) >= 11 is 0. The van der Waals surface area contributed by atoms with Gasteiger partial charge in [-0.05, 0) is 46.5 Å². The van der Waals surface area contributed by atoms with Gasteiger partial charge in [0.2, 0.25) is 0 Å². The average Bonchev–Trinajstić information content (AvgIpc) is 3.31. The maximum absolute atomic E-state index is 9.91. The molecule has 8 rings (SSSR count). The zero-order valence-corrected chi connectivity index (χ0v) is 40.6. The first-order valence-corrected chi connectivity index (χ1v) is 21.8. The fourth-order valence-electron chi connectivity index (χ4n) is 8.05. The number of para-hydroxylation sites is 4. The molecule has 5 heteroatoms. The Balaban J connectivity index is 0.000000189. The minimum absolute atomic E-state index is 0. The van der Waals surface area contributed by atoms with E-state index in [1.54, 1.807) is 24.3 Å². The van der Waals surface area contributed by atoms with Gasteiger partial charge in [-0.15, -0.1) is 0 Å². The van der Waals surface area contributed by atoms with E-state index in [9.17, 15) is 20.4 Å². The second-order valence-corrected chi connectivity index (χ2v) is 18.0. The molecule has 8 aromatic rings. The van der Waals surface area contributed by atoms with Gasteiger partial charge in [-0.1, -0.05) is 250 Å². The zero-order chi connectivity index (χ0) is 46.4. The van der Waals surface area contributed by atoms with E-state index in [-0.39, 0.29) is 43.4 Å². The molecule has 0 spiro atoms. The van der Waals surface area contributed by atoms with Crippen LogP contribution in [-0.4, -0.2) is 20.4 Å². The van der Waals surface area contributed by atoms with Crippen molar-refractivity contribution in [2.24, 2.45) is 0 Å². The van der Waals surface area contributed by atoms with E-state index in [0.717, 1.165) is 22.3 Å². The van der Waals surface area contributed by atoms with E-state index in [1.165, 1.54) is 22.3 Å². The molecule has 0 amide bonds. The fraction of sp³-hybridized carbons (Fsp3) is 0.200. The van der Waals surface area contributed by atoms with Gasteiger partial charge in [0.1, 0.15) is 23.0 Å². The molecular weight excluding hydrogens is 833 g/mol. The van der Waals surface area contributed by atoms with Gasteiger partial charge in [0.25, 0.3) is 0 Å². The van der Waals surface area contributed by atoms with Crippen LogP contribution in [-0.2, 0) is 43.4 Å². The third kappa shape index (κ3) is 12.9. The summed E-state index contributed by atoms with van der Waals surface area (Å²) in [6.07, 6.45) is 0. The molecule has 332 valence electrons. The Kier molecular flexibility index (Phi) is 18.2. The Morgan fingerprint density at radius 2 is 0.354 bits per heavy atom. The maximum atomic E-state index is 9.91. The number of benzene rings is 8. The van der Waals surface area contributed by atoms with Crippen molar-refractivity contribution in [3.63, 3.8) is 0 Å². The molecule has 0 atom stereocenters. The molecule has 0 saturated heterocycles. The van der Waals surface area contributed by atoms with Crippen molar-refractivity contribution in [3.05, 3.63) is 263 Å². The second kappa shape index (κ2) is 23.0. The number of hydrogen-bond donors (Lipinski definition) is 4. The van der Waals surface area contributed by atoms with Gasteiger partial charge in [0, 0.05) is 65.6 Å². The largest absolute Gasteiger partial charge is 0.508 e. The molecule has 0 aliphatic rings. The molecule has 4 N–H and O–H groups in total. The van der Waals surface area contributed by atoms with E-state index in [4.69, 9.17) is 0 Å². The van der Waals surface area contributed by atoms with Gasteiger partial charge >= 0.3 is 0 Å². The quantitative estimate of drug-likeness (QED) is 0.115. The zero-order valence-electron chi connectivity index (χ0n) is 39.1. The first-order chi connectivity index (χ1) is 30.5. The SMILES string of the molecule is CC(C)(c1ccccc1)c1ccccc1O.CC(C)(c1ccccc1)c1ccccc1O.CC(C)(c1ccccc1)c1ccccc1O.CC(C)(c1ccccc1)c1ccccc1O.[Ti]. The summed E-state index contributed by atoms with van der Waals surface area (Å²) in [6.45, 7) is 17.0. The van der Waals surface area contributed by atoms with Gasteiger partial charge in [-0.3, -0.25) is 0 Å². The van der Waals surface area contributed by atoms with Gasteiger partial charge in [-0.2, -0.15) is 0 Å². The van der Waals surface area contributed by atoms with Crippen LogP contribution in [0, 0.1) is 0 Å². The minimum Gasteiger partial charge on any atom is -0.508 e. The van der Waals surface area contributed by atoms with Crippen molar-refractivity contribution in [1.82, 2.24) is 0 Å². The van der Waals surface area contributed by atoms with Crippen LogP contribution in [0.5, 0.6) is 23.0 Å². The Labute approximate surface area is 402 Å². The predicted molar refractivity (Wildman–Crippen MR) is 267 cm³/mol. The van der Waals surface area contributed by atoms with Crippen LogP contribution in [0.3, 0.4) is 0 Å². The Hall–Kier alpha value is -6.33. The normalized spacial score (nSPS) is 11.2. The molecule has 4 nitrogen and oxygen atoms in total. The standard InChI is InChI=1S/4C15H16O.Ti/c4*1-15(2,12-8-4-3-5-9-12)13-10-6-7-11-14(13)16;/h4*3-11,16H,1-2H3;. The van der Waals surface area contributed by atoms with E-state index in [2.05, 4.69) is 104 Å². The molecule has 0 aliphatic carbocycles. The molecule has 8 aromatic carbocycles. The first-order valence-electron chi connectivity index (χ1n) is 21.8. The van der Waals surface area contributed by atoms with Crippen molar-refractivity contribution in [1.29, 1.82) is 0 Å². The topological polar surface area (TPSA) is 80.9 Å². The van der Waals surface area contributed by atoms with Crippen molar-refractivity contribution in [2.75, 3.05) is 0 Å². The maximum Gasteiger partial charge on any atom is 0.119 e. The monoisotopic (exact) mass is 896 g/mol. The summed E-state index contributed by atoms with van der Waals surface area (Å²) in [4.78, 5) is 0. The van der Waals surface area contributed by atoms with Crippen molar-refractivity contribution in [3.8, 4) is 23.0 Å². The third-order valence-corrected chi connectivity index (χ3v) is 12.3. The molecule has 0 heterocycles. The van der Waals surface area contributed by atoms with E-state index < -0.39 is 0 Å². The van der Waals surface area contributed by atoms with Crippen LogP contribution in [0.15, 0.2) is 218 Å². The number of phenols is 4. The van der Waals surface area contributed by atoms with Crippen LogP contribution in [0.1, 0.15) is 99.9 Å². The molecule has 0 unspecified atom stereocenters. The molecule has 0 aliphatic heterocycles. The van der Waals surface area contributed by atoms with Gasteiger partial charge in [-0.25, -0.2) is 0 Å². The van der Waals surface area contributed by atoms with Crippen LogP contribution in [0.4, 0.5) is 0 Å². The Bertz CT molecular complexity index is 2270. The minimum atomic E-state index is -0.174. The summed E-state index contributed by atoms with van der Waals surface area (Å²) in [5.41, 5.74) is 7.96. The molecule has 0 radical (unpaired) electrons. The summed E-state index contributed by atoms with van der Waals surface area (Å²) < 4.78 is 0. The fourth-order valence-corrected chi connectivity index (χ4v) is 8.05. The van der Waals surface area contributed by atoms with Crippen LogP contribution >= 0.6 is 0 Å². The van der Waals surface area contributed by atoms with E-state index in [1.807, 2.05) is 146 Å². The predicted octanol–water partition coefficient (Wildman–Crippen LogP) is 14.9. The molecule has 65 heavy (non-hydrogen) atoms. The summed E-state index contributed by atoms with van der Waals surface area (Å²) in [5.74, 6) is 1.43. The smallest absolute Gasteiger partial charge is 0.119 e. The third-order valence-electron chi connectivity index (χ3n) is 12.3. The molecule has 0 bridgehead atoms. The second-order valence-electron chi connectivity index (χ2n) is 18.0. The Morgan fingerprint density at radius 1 is 0.215 bits per heavy atom. The first kappa shape index (κ1) is 51.3. The Morgan fingerprint density at radius 3 is 0.508 bits per heavy atom. The molecular formula is C60H64O4Ti. The van der Waals surface area contributed by atoms with Gasteiger partial charge in [0.15, 0.2) is 0 Å². The number of aromatic hydroxyl groups is 4. The van der Waals surface area contributed by atoms with Crippen molar-refractivity contribution in [2.45, 2.75) is 77.0 Å². The molecule has 0 fully saturated rings. The van der Waals surface area contributed by atoms with Crippen LogP contribution in [0.25, 0.3) is 0 Å². The summed E-state index contributed by atoms with van der Waals surface area (Å²) in [5, 5.41) is 39.6. The number of hydrogen-bond acceptors (Lipinski definition) is 4. The van der Waals surface area contributed by atoms with E-state index in [0.29, 0.717) is 23.0 Å². The van der Waals surface area contributed by atoms with Crippen molar-refractivity contribution >= 4 is 0 Å². The van der Waals surface area contributed by atoms with Gasteiger partial charge < -0.3 is 20.4 Å². The summed E-state index contributed by atoms with van der Waals surface area (Å²) in [7, 11) is 0.